The second kappa shape index (κ2) is 5.38. The van der Waals surface area contributed by atoms with E-state index in [0.29, 0.717) is 6.04 Å². The van der Waals surface area contributed by atoms with E-state index in [2.05, 4.69) is 54.4 Å². The molecule has 0 unspecified atom stereocenters. The van der Waals surface area contributed by atoms with E-state index in [1.54, 1.807) is 0 Å². The molecule has 0 aromatic heterocycles. The molecule has 17 heavy (non-hydrogen) atoms. The average molecular weight is 227 g/mol. The number of benzene rings is 1. The summed E-state index contributed by atoms with van der Waals surface area (Å²) in [7, 11) is 0. The molecule has 1 aliphatic rings. The summed E-state index contributed by atoms with van der Waals surface area (Å²) >= 11 is 0. The third-order valence-corrected chi connectivity index (χ3v) is 3.85. The Hall–Kier alpha value is -1.26. The summed E-state index contributed by atoms with van der Waals surface area (Å²) < 4.78 is 0. The molecule has 2 atom stereocenters. The molecule has 1 saturated heterocycles. The average Bonchev–Trinajstić information content (AvgIpc) is 2.82. The Labute approximate surface area is 105 Å². The van der Waals surface area contributed by atoms with E-state index in [4.69, 9.17) is 0 Å². The second-order valence-corrected chi connectivity index (χ2v) is 4.94. The molecule has 1 fully saturated rings. The zero-order valence-electron chi connectivity index (χ0n) is 10.8. The maximum atomic E-state index is 3.64. The smallest absolute Gasteiger partial charge is 0.0202 e. The number of hydrogen-bond acceptors (Lipinski definition) is 1. The summed E-state index contributed by atoms with van der Waals surface area (Å²) in [6.45, 7) is 5.24. The second-order valence-electron chi connectivity index (χ2n) is 4.94. The Kier molecular flexibility index (Phi) is 3.86. The van der Waals surface area contributed by atoms with Crippen molar-refractivity contribution in [3.63, 3.8) is 0 Å². The third-order valence-electron chi connectivity index (χ3n) is 3.85. The lowest BCUT2D eigenvalue weighted by Gasteiger charge is -2.27. The molecule has 1 aromatic carbocycles. The Morgan fingerprint density at radius 1 is 1.35 bits per heavy atom. The SMILES string of the molecule is CC#CC[C@@]1(c2ccccc2)CN[C@H](CC)C1. The van der Waals surface area contributed by atoms with Gasteiger partial charge < -0.3 is 5.32 Å². The van der Waals surface area contributed by atoms with Crippen LogP contribution in [-0.2, 0) is 5.41 Å². The minimum absolute atomic E-state index is 0.227. The van der Waals surface area contributed by atoms with Crippen LogP contribution in [0.3, 0.4) is 0 Å². The molecular weight excluding hydrogens is 206 g/mol. The molecule has 1 aromatic rings. The first kappa shape index (κ1) is 12.2. The first-order valence-corrected chi connectivity index (χ1v) is 6.49. The van der Waals surface area contributed by atoms with Gasteiger partial charge >= 0.3 is 0 Å². The van der Waals surface area contributed by atoms with E-state index in [1.807, 2.05) is 6.92 Å². The van der Waals surface area contributed by atoms with Crippen LogP contribution in [0.4, 0.5) is 0 Å². The van der Waals surface area contributed by atoms with Crippen LogP contribution >= 0.6 is 0 Å². The van der Waals surface area contributed by atoms with E-state index >= 15 is 0 Å². The molecule has 0 saturated carbocycles. The third kappa shape index (κ3) is 2.53. The lowest BCUT2D eigenvalue weighted by Crippen LogP contribution is -2.28. The fraction of sp³-hybridized carbons (Fsp3) is 0.500. The van der Waals surface area contributed by atoms with Gasteiger partial charge in [-0.25, -0.2) is 0 Å². The normalized spacial score (nSPS) is 27.5. The highest BCUT2D eigenvalue weighted by Crippen LogP contribution is 2.37. The van der Waals surface area contributed by atoms with Gasteiger partial charge in [0.25, 0.3) is 0 Å². The summed E-state index contributed by atoms with van der Waals surface area (Å²) in [6.07, 6.45) is 3.38. The first-order chi connectivity index (χ1) is 8.30. The molecule has 0 bridgehead atoms. The fourth-order valence-corrected chi connectivity index (χ4v) is 2.75. The first-order valence-electron chi connectivity index (χ1n) is 6.49. The van der Waals surface area contributed by atoms with Crippen LogP contribution in [-0.4, -0.2) is 12.6 Å². The monoisotopic (exact) mass is 227 g/mol. The van der Waals surface area contributed by atoms with E-state index in [0.717, 1.165) is 13.0 Å². The van der Waals surface area contributed by atoms with Crippen molar-refractivity contribution < 1.29 is 0 Å². The van der Waals surface area contributed by atoms with Crippen molar-refractivity contribution in [3.8, 4) is 11.8 Å². The molecule has 1 nitrogen and oxygen atoms in total. The predicted molar refractivity (Wildman–Crippen MR) is 72.9 cm³/mol. The molecule has 2 rings (SSSR count). The van der Waals surface area contributed by atoms with Crippen molar-refractivity contribution in [2.75, 3.05) is 6.54 Å². The van der Waals surface area contributed by atoms with Crippen LogP contribution in [0.2, 0.25) is 0 Å². The maximum absolute atomic E-state index is 3.64. The molecule has 1 aliphatic heterocycles. The van der Waals surface area contributed by atoms with Crippen molar-refractivity contribution in [2.24, 2.45) is 0 Å². The van der Waals surface area contributed by atoms with Crippen molar-refractivity contribution in [2.45, 2.75) is 44.6 Å². The van der Waals surface area contributed by atoms with Crippen molar-refractivity contribution in [1.82, 2.24) is 5.32 Å². The fourth-order valence-electron chi connectivity index (χ4n) is 2.75. The van der Waals surface area contributed by atoms with Gasteiger partial charge in [0.2, 0.25) is 0 Å². The van der Waals surface area contributed by atoms with Crippen LogP contribution in [0.15, 0.2) is 30.3 Å². The molecule has 90 valence electrons. The van der Waals surface area contributed by atoms with E-state index < -0.39 is 0 Å². The maximum Gasteiger partial charge on any atom is 0.0202 e. The van der Waals surface area contributed by atoms with Gasteiger partial charge in [-0.3, -0.25) is 0 Å². The van der Waals surface area contributed by atoms with Crippen LogP contribution in [0, 0.1) is 11.8 Å². The molecule has 0 radical (unpaired) electrons. The highest BCUT2D eigenvalue weighted by molar-refractivity contribution is 5.30. The summed E-state index contributed by atoms with van der Waals surface area (Å²) in [6, 6.07) is 11.5. The molecule has 1 heterocycles. The van der Waals surface area contributed by atoms with Crippen LogP contribution in [0.25, 0.3) is 0 Å². The molecular formula is C16H21N. The molecule has 0 amide bonds. The van der Waals surface area contributed by atoms with Crippen molar-refractivity contribution >= 4 is 0 Å². The van der Waals surface area contributed by atoms with Gasteiger partial charge in [0.1, 0.15) is 0 Å². The van der Waals surface area contributed by atoms with Gasteiger partial charge in [0, 0.05) is 24.4 Å². The quantitative estimate of drug-likeness (QED) is 0.782. The van der Waals surface area contributed by atoms with Crippen molar-refractivity contribution in [1.29, 1.82) is 0 Å². The lowest BCUT2D eigenvalue weighted by atomic mass is 9.76. The Balaban J connectivity index is 2.27. The highest BCUT2D eigenvalue weighted by atomic mass is 15.0. The summed E-state index contributed by atoms with van der Waals surface area (Å²) in [5, 5.41) is 3.64. The van der Waals surface area contributed by atoms with Gasteiger partial charge in [0.15, 0.2) is 0 Å². The van der Waals surface area contributed by atoms with Gasteiger partial charge in [-0.2, -0.15) is 0 Å². The minimum atomic E-state index is 0.227. The Bertz CT molecular complexity index is 412. The standard InChI is InChI=1S/C16H21N/c1-3-5-11-16(12-15(4-2)17-13-16)14-9-7-6-8-10-14/h6-10,15,17H,4,11-13H2,1-2H3/t15-,16+/m1/s1. The summed E-state index contributed by atoms with van der Waals surface area (Å²) in [5.74, 6) is 6.33. The lowest BCUT2D eigenvalue weighted by molar-refractivity contribution is 0.466. The van der Waals surface area contributed by atoms with Crippen LogP contribution in [0.5, 0.6) is 0 Å². The van der Waals surface area contributed by atoms with E-state index in [-0.39, 0.29) is 5.41 Å². The summed E-state index contributed by atoms with van der Waals surface area (Å²) in [5.41, 5.74) is 1.66. The van der Waals surface area contributed by atoms with Gasteiger partial charge in [-0.1, -0.05) is 37.3 Å². The van der Waals surface area contributed by atoms with E-state index in [9.17, 15) is 0 Å². The predicted octanol–water partition coefficient (Wildman–Crippen LogP) is 3.11. The van der Waals surface area contributed by atoms with Gasteiger partial charge in [-0.15, -0.1) is 11.8 Å². The van der Waals surface area contributed by atoms with Gasteiger partial charge in [0.05, 0.1) is 0 Å². The van der Waals surface area contributed by atoms with Crippen LogP contribution in [0.1, 0.15) is 38.7 Å². The summed E-state index contributed by atoms with van der Waals surface area (Å²) in [4.78, 5) is 0. The largest absolute Gasteiger partial charge is 0.313 e. The number of hydrogen-bond donors (Lipinski definition) is 1. The molecule has 1 N–H and O–H groups in total. The Morgan fingerprint density at radius 2 is 2.12 bits per heavy atom. The molecule has 0 spiro atoms. The van der Waals surface area contributed by atoms with Crippen LogP contribution < -0.4 is 5.32 Å². The minimum Gasteiger partial charge on any atom is -0.313 e. The number of nitrogens with one attached hydrogen (secondary N) is 1. The van der Waals surface area contributed by atoms with Gasteiger partial charge in [-0.05, 0) is 25.3 Å². The van der Waals surface area contributed by atoms with Crippen molar-refractivity contribution in [3.05, 3.63) is 35.9 Å². The topological polar surface area (TPSA) is 12.0 Å². The van der Waals surface area contributed by atoms with E-state index in [1.165, 1.54) is 18.4 Å². The highest BCUT2D eigenvalue weighted by Gasteiger charge is 2.38. The Morgan fingerprint density at radius 3 is 2.71 bits per heavy atom. The molecule has 1 heteroatoms. The zero-order valence-corrected chi connectivity index (χ0v) is 10.8. The number of rotatable bonds is 3. The molecule has 0 aliphatic carbocycles. The zero-order chi connectivity index (χ0) is 12.1.